The molecule has 27 heavy (non-hydrogen) atoms. The summed E-state index contributed by atoms with van der Waals surface area (Å²) in [6.45, 7) is 1.95. The van der Waals surface area contributed by atoms with E-state index in [4.69, 9.17) is 9.47 Å². The van der Waals surface area contributed by atoms with Gasteiger partial charge in [-0.2, -0.15) is 0 Å². The molecule has 3 rings (SSSR count). The highest BCUT2D eigenvalue weighted by molar-refractivity contribution is 5.78. The van der Waals surface area contributed by atoms with Gasteiger partial charge in [0.2, 0.25) is 6.04 Å². The van der Waals surface area contributed by atoms with Gasteiger partial charge in [-0.15, -0.1) is 0 Å². The largest absolute Gasteiger partial charge is 0.497 e. The van der Waals surface area contributed by atoms with Gasteiger partial charge in [-0.1, -0.05) is 42.0 Å². The summed E-state index contributed by atoms with van der Waals surface area (Å²) in [7, 11) is 2.84. The Balaban J connectivity index is 2.06. The Labute approximate surface area is 157 Å². The summed E-state index contributed by atoms with van der Waals surface area (Å²) >= 11 is 0. The first kappa shape index (κ1) is 18.8. The highest BCUT2D eigenvalue weighted by Crippen LogP contribution is 2.41. The van der Waals surface area contributed by atoms with Crippen molar-refractivity contribution < 1.29 is 19.2 Å². The first-order valence-corrected chi connectivity index (χ1v) is 8.64. The Kier molecular flexibility index (Phi) is 5.41. The summed E-state index contributed by atoms with van der Waals surface area (Å²) in [6.07, 6.45) is 0. The van der Waals surface area contributed by atoms with E-state index < -0.39 is 30.0 Å². The quantitative estimate of drug-likeness (QED) is 0.494. The lowest BCUT2D eigenvalue weighted by molar-refractivity contribution is -0.527. The molecule has 0 amide bonds. The summed E-state index contributed by atoms with van der Waals surface area (Å²) < 4.78 is 10.1. The van der Waals surface area contributed by atoms with Crippen LogP contribution in [0.2, 0.25) is 0 Å². The SMILES string of the molecule is COC(=O)[C@H]1N[C@@H](c2ccc(C)cc2)[C@@H]([N+](=O)[O-])[C@@H]1c1ccc(OC)cc1. The summed E-state index contributed by atoms with van der Waals surface area (Å²) in [5, 5.41) is 15.1. The molecule has 4 atom stereocenters. The average molecular weight is 370 g/mol. The zero-order chi connectivity index (χ0) is 19.6. The van der Waals surface area contributed by atoms with Crippen LogP contribution in [0, 0.1) is 17.0 Å². The van der Waals surface area contributed by atoms with E-state index in [0.29, 0.717) is 11.3 Å². The highest BCUT2D eigenvalue weighted by Gasteiger charge is 2.54. The van der Waals surface area contributed by atoms with Crippen LogP contribution in [-0.4, -0.2) is 37.2 Å². The van der Waals surface area contributed by atoms with Crippen molar-refractivity contribution in [3.05, 3.63) is 75.3 Å². The van der Waals surface area contributed by atoms with Crippen molar-refractivity contribution in [2.75, 3.05) is 14.2 Å². The predicted molar refractivity (Wildman–Crippen MR) is 99.4 cm³/mol. The highest BCUT2D eigenvalue weighted by atomic mass is 16.6. The molecule has 0 radical (unpaired) electrons. The van der Waals surface area contributed by atoms with Crippen molar-refractivity contribution in [3.8, 4) is 5.75 Å². The second-order valence-electron chi connectivity index (χ2n) is 6.63. The van der Waals surface area contributed by atoms with Crippen molar-refractivity contribution >= 4 is 5.97 Å². The van der Waals surface area contributed by atoms with Crippen LogP contribution in [0.1, 0.15) is 28.7 Å². The number of nitrogens with one attached hydrogen (secondary N) is 1. The summed E-state index contributed by atoms with van der Waals surface area (Å²) in [6, 6.07) is 12.1. The Morgan fingerprint density at radius 1 is 1.04 bits per heavy atom. The van der Waals surface area contributed by atoms with Gasteiger partial charge in [0.05, 0.1) is 20.1 Å². The van der Waals surface area contributed by atoms with Gasteiger partial charge in [0.1, 0.15) is 17.8 Å². The standard InChI is InChI=1S/C20H22N2O5/c1-12-4-6-14(7-5-12)17-19(22(24)25)16(18(21-17)20(23)27-3)13-8-10-15(26-2)11-9-13/h4-11,16-19,21H,1-3H3/t16-,17+,18+,19+/m1/s1. The molecule has 7 nitrogen and oxygen atoms in total. The van der Waals surface area contributed by atoms with Crippen LogP contribution in [0.5, 0.6) is 5.75 Å². The number of rotatable bonds is 5. The number of benzene rings is 2. The van der Waals surface area contributed by atoms with E-state index in [1.807, 2.05) is 31.2 Å². The molecule has 2 aromatic rings. The van der Waals surface area contributed by atoms with Crippen molar-refractivity contribution in [2.45, 2.75) is 31.0 Å². The van der Waals surface area contributed by atoms with Gasteiger partial charge >= 0.3 is 5.97 Å². The number of carbonyl (C=O) groups excluding carboxylic acids is 1. The van der Waals surface area contributed by atoms with E-state index in [1.54, 1.807) is 31.4 Å². The van der Waals surface area contributed by atoms with E-state index in [0.717, 1.165) is 11.1 Å². The number of aryl methyl sites for hydroxylation is 1. The summed E-state index contributed by atoms with van der Waals surface area (Å²) in [5.74, 6) is -0.533. The Hall–Kier alpha value is -2.93. The third-order valence-corrected chi connectivity index (χ3v) is 5.06. The van der Waals surface area contributed by atoms with E-state index in [9.17, 15) is 14.9 Å². The number of nitro groups is 1. The summed E-state index contributed by atoms with van der Waals surface area (Å²) in [5.41, 5.74) is 2.52. The zero-order valence-corrected chi connectivity index (χ0v) is 15.4. The molecule has 0 spiro atoms. The molecule has 0 aliphatic carbocycles. The minimum absolute atomic E-state index is 0.310. The minimum Gasteiger partial charge on any atom is -0.497 e. The molecule has 7 heteroatoms. The van der Waals surface area contributed by atoms with Crippen LogP contribution in [0.4, 0.5) is 0 Å². The van der Waals surface area contributed by atoms with E-state index in [2.05, 4.69) is 5.32 Å². The molecular weight excluding hydrogens is 348 g/mol. The molecule has 1 aliphatic heterocycles. The third kappa shape index (κ3) is 3.64. The van der Waals surface area contributed by atoms with Gasteiger partial charge in [0.25, 0.3) is 0 Å². The van der Waals surface area contributed by atoms with Gasteiger partial charge in [-0.05, 0) is 30.2 Å². The second-order valence-corrected chi connectivity index (χ2v) is 6.63. The van der Waals surface area contributed by atoms with Crippen molar-refractivity contribution in [2.24, 2.45) is 0 Å². The lowest BCUT2D eigenvalue weighted by Crippen LogP contribution is -2.37. The zero-order valence-electron chi connectivity index (χ0n) is 15.4. The van der Waals surface area contributed by atoms with Crippen LogP contribution in [-0.2, 0) is 9.53 Å². The van der Waals surface area contributed by atoms with Crippen LogP contribution in [0.15, 0.2) is 48.5 Å². The molecule has 0 bridgehead atoms. The van der Waals surface area contributed by atoms with E-state index in [-0.39, 0.29) is 4.92 Å². The van der Waals surface area contributed by atoms with Crippen LogP contribution < -0.4 is 10.1 Å². The van der Waals surface area contributed by atoms with Gasteiger partial charge in [-0.25, -0.2) is 0 Å². The van der Waals surface area contributed by atoms with Crippen LogP contribution in [0.25, 0.3) is 0 Å². The maximum Gasteiger partial charge on any atom is 0.323 e. The lowest BCUT2D eigenvalue weighted by Gasteiger charge is -2.19. The average Bonchev–Trinajstić information content (AvgIpc) is 3.09. The van der Waals surface area contributed by atoms with E-state index in [1.165, 1.54) is 7.11 Å². The molecule has 1 N–H and O–H groups in total. The molecule has 0 unspecified atom stereocenters. The van der Waals surface area contributed by atoms with E-state index >= 15 is 0 Å². The molecule has 1 fully saturated rings. The molecule has 1 heterocycles. The number of esters is 1. The number of methoxy groups -OCH3 is 2. The Bertz CT molecular complexity index is 819. The monoisotopic (exact) mass is 370 g/mol. The third-order valence-electron chi connectivity index (χ3n) is 5.06. The normalized spacial score (nSPS) is 24.4. The number of carbonyl (C=O) groups is 1. The fourth-order valence-electron chi connectivity index (χ4n) is 3.68. The molecule has 1 saturated heterocycles. The fourth-order valence-corrected chi connectivity index (χ4v) is 3.68. The molecule has 0 saturated carbocycles. The summed E-state index contributed by atoms with van der Waals surface area (Å²) in [4.78, 5) is 24.1. The van der Waals surface area contributed by atoms with Crippen molar-refractivity contribution in [1.82, 2.24) is 5.32 Å². The van der Waals surface area contributed by atoms with Crippen molar-refractivity contribution in [1.29, 1.82) is 0 Å². The van der Waals surface area contributed by atoms with Crippen LogP contribution in [0.3, 0.4) is 0 Å². The maximum atomic E-state index is 12.4. The number of hydrogen-bond acceptors (Lipinski definition) is 6. The number of ether oxygens (including phenoxy) is 2. The Morgan fingerprint density at radius 2 is 1.63 bits per heavy atom. The smallest absolute Gasteiger partial charge is 0.323 e. The maximum absolute atomic E-state index is 12.4. The fraction of sp³-hybridized carbons (Fsp3) is 0.350. The molecular formula is C20H22N2O5. The minimum atomic E-state index is -1.01. The van der Waals surface area contributed by atoms with Gasteiger partial charge in [0, 0.05) is 4.92 Å². The lowest BCUT2D eigenvalue weighted by atomic mass is 9.85. The van der Waals surface area contributed by atoms with Crippen molar-refractivity contribution in [3.63, 3.8) is 0 Å². The van der Waals surface area contributed by atoms with Crippen LogP contribution >= 0.6 is 0 Å². The first-order valence-electron chi connectivity index (χ1n) is 8.64. The predicted octanol–water partition coefficient (Wildman–Crippen LogP) is 2.62. The van der Waals surface area contributed by atoms with Gasteiger partial charge in [-0.3, -0.25) is 20.2 Å². The molecule has 0 aromatic heterocycles. The number of nitrogens with zero attached hydrogens (tertiary/aromatic N) is 1. The topological polar surface area (TPSA) is 90.7 Å². The second kappa shape index (κ2) is 7.75. The van der Waals surface area contributed by atoms with Gasteiger partial charge in [0.15, 0.2) is 0 Å². The first-order chi connectivity index (χ1) is 13.0. The molecule has 2 aromatic carbocycles. The molecule has 1 aliphatic rings. The number of hydrogen-bond donors (Lipinski definition) is 1. The molecule has 142 valence electrons. The Morgan fingerprint density at radius 3 is 2.15 bits per heavy atom. The van der Waals surface area contributed by atoms with Gasteiger partial charge < -0.3 is 9.47 Å².